The fraction of sp³-hybridized carbons (Fsp3) is 0.0426. The van der Waals surface area contributed by atoms with Crippen LogP contribution in [0.1, 0.15) is 17.5 Å². The zero-order valence-corrected chi connectivity index (χ0v) is 31.7. The third kappa shape index (κ3) is 4.37. The summed E-state index contributed by atoms with van der Waals surface area (Å²) in [6.07, 6.45) is 8.90. The molecule has 0 radical (unpaired) electrons. The van der Waals surface area contributed by atoms with Gasteiger partial charge in [0.1, 0.15) is 0 Å². The zero-order chi connectivity index (χ0) is 31.9. The maximum absolute atomic E-state index is 5.81. The van der Waals surface area contributed by atoms with Gasteiger partial charge in [0.2, 0.25) is 0 Å². The first-order valence-corrected chi connectivity index (χ1v) is 23.7. The van der Waals surface area contributed by atoms with E-state index in [4.69, 9.17) is 4.21 Å². The van der Waals surface area contributed by atoms with Crippen LogP contribution in [0.15, 0.2) is 173 Å². The number of rotatable bonds is 4. The first-order chi connectivity index (χ1) is 23.6. The molecule has 0 atom stereocenters. The molecule has 0 saturated heterocycles. The Kier molecular flexibility index (Phi) is 7.96. The second kappa shape index (κ2) is 12.1. The number of allylic oxidation sites excluding steroid dienone is 4. The maximum atomic E-state index is 5.81. The van der Waals surface area contributed by atoms with Gasteiger partial charge in [-0.3, -0.25) is 0 Å². The van der Waals surface area contributed by atoms with Crippen LogP contribution in [-0.4, -0.2) is 4.21 Å². The van der Waals surface area contributed by atoms with Gasteiger partial charge in [0.25, 0.3) is 0 Å². The van der Waals surface area contributed by atoms with Crippen molar-refractivity contribution in [3.8, 4) is 11.1 Å². The summed E-state index contributed by atoms with van der Waals surface area (Å²) < 4.78 is 11.5. The predicted octanol–water partition coefficient (Wildman–Crippen LogP) is 11.0. The Bertz CT molecular complexity index is 2720. The van der Waals surface area contributed by atoms with Gasteiger partial charge in [-0.25, -0.2) is 0 Å². The van der Waals surface area contributed by atoms with Crippen molar-refractivity contribution in [2.24, 2.45) is 0 Å². The molecule has 0 N–H and O–H groups in total. The van der Waals surface area contributed by atoms with Gasteiger partial charge in [0.05, 0.1) is 0 Å². The molecule has 0 aromatic heterocycles. The Morgan fingerprint density at radius 1 is 0.520 bits per heavy atom. The van der Waals surface area contributed by atoms with E-state index in [-0.39, 0.29) is 24.8 Å². The van der Waals surface area contributed by atoms with Gasteiger partial charge in [-0.15, -0.1) is 24.8 Å². The van der Waals surface area contributed by atoms with Crippen LogP contribution < -0.4 is 9.81 Å². The molecule has 0 saturated carbocycles. The van der Waals surface area contributed by atoms with Crippen LogP contribution in [0.3, 0.4) is 0 Å². The van der Waals surface area contributed by atoms with E-state index in [0.717, 1.165) is 12.8 Å². The molecule has 10 rings (SSSR count). The Balaban J connectivity index is 0.00000180. The van der Waals surface area contributed by atoms with Gasteiger partial charge in [-0.05, 0) is 0 Å². The molecular weight excluding hydrogens is 727 g/mol. The van der Waals surface area contributed by atoms with Crippen LogP contribution in [0.2, 0.25) is 0 Å². The molecule has 8 aromatic rings. The summed E-state index contributed by atoms with van der Waals surface area (Å²) in [7, 11) is 0. The molecule has 2 aliphatic rings. The van der Waals surface area contributed by atoms with Gasteiger partial charge in [0.15, 0.2) is 0 Å². The second-order valence-corrected chi connectivity index (χ2v) is 26.8. The van der Waals surface area contributed by atoms with Crippen LogP contribution in [0, 0.1) is 0 Å². The summed E-state index contributed by atoms with van der Waals surface area (Å²) >= 11 is -5.02. The minimum absolute atomic E-state index is 0. The Morgan fingerprint density at radius 3 is 1.76 bits per heavy atom. The van der Waals surface area contributed by atoms with Crippen LogP contribution in [0.4, 0.5) is 0 Å². The van der Waals surface area contributed by atoms with Gasteiger partial charge in [0, 0.05) is 0 Å². The second-order valence-electron chi connectivity index (χ2n) is 13.9. The summed E-state index contributed by atoms with van der Waals surface area (Å²) in [5.74, 6) is 0. The molecular formula is C47H36Cl2Zr. The molecule has 0 unspecified atom stereocenters. The summed E-state index contributed by atoms with van der Waals surface area (Å²) in [4.78, 5) is 0. The fourth-order valence-electron chi connectivity index (χ4n) is 9.32. The number of benzene rings is 8. The van der Waals surface area contributed by atoms with Crippen molar-refractivity contribution in [1.82, 2.24) is 0 Å². The Morgan fingerprint density at radius 2 is 1.10 bits per heavy atom. The van der Waals surface area contributed by atoms with Crippen molar-refractivity contribution in [1.29, 1.82) is 0 Å². The van der Waals surface area contributed by atoms with Crippen LogP contribution >= 0.6 is 24.8 Å². The van der Waals surface area contributed by atoms with Crippen molar-refractivity contribution in [2.75, 3.05) is 0 Å². The summed E-state index contributed by atoms with van der Waals surface area (Å²) in [5.41, 5.74) is 5.65. The first-order valence-electron chi connectivity index (χ1n) is 17.1. The molecule has 8 aromatic carbocycles. The number of hydrogen-bond donors (Lipinski definition) is 0. The zero-order valence-electron chi connectivity index (χ0n) is 27.6. The monoisotopic (exact) mass is 760 g/mol. The third-order valence-electron chi connectivity index (χ3n) is 11.7. The fourth-order valence-corrected chi connectivity index (χ4v) is 24.6. The van der Waals surface area contributed by atoms with E-state index in [9.17, 15) is 0 Å². The van der Waals surface area contributed by atoms with Crippen molar-refractivity contribution >= 4 is 81.9 Å². The topological polar surface area (TPSA) is 0 Å². The molecule has 0 nitrogen and oxygen atoms in total. The number of fused-ring (bicyclic) bond motifs is 10. The van der Waals surface area contributed by atoms with Crippen molar-refractivity contribution in [3.63, 3.8) is 0 Å². The van der Waals surface area contributed by atoms with E-state index < -0.39 is 18.3 Å². The minimum atomic E-state index is -5.02. The molecule has 3 heteroatoms. The van der Waals surface area contributed by atoms with Gasteiger partial charge in [-0.2, -0.15) is 0 Å². The van der Waals surface area contributed by atoms with Crippen molar-refractivity contribution < 1.29 is 18.3 Å². The average Bonchev–Trinajstić information content (AvgIpc) is 3.84. The van der Waals surface area contributed by atoms with E-state index in [1.165, 1.54) is 78.4 Å². The first kappa shape index (κ1) is 32.8. The summed E-state index contributed by atoms with van der Waals surface area (Å²) in [5, 5.41) is 10.5. The predicted molar refractivity (Wildman–Crippen MR) is 220 cm³/mol. The van der Waals surface area contributed by atoms with E-state index in [0.29, 0.717) is 0 Å². The van der Waals surface area contributed by atoms with Gasteiger partial charge < -0.3 is 0 Å². The normalized spacial score (nSPS) is 13.6. The van der Waals surface area contributed by atoms with Crippen molar-refractivity contribution in [3.05, 3.63) is 184 Å². The third-order valence-corrected chi connectivity index (χ3v) is 27.8. The van der Waals surface area contributed by atoms with E-state index in [1.807, 2.05) is 0 Å². The Hall–Kier alpha value is -4.39. The van der Waals surface area contributed by atoms with Gasteiger partial charge in [-0.1, -0.05) is 0 Å². The van der Waals surface area contributed by atoms with E-state index in [1.54, 1.807) is 0 Å². The molecule has 50 heavy (non-hydrogen) atoms. The molecule has 0 fully saturated rings. The molecule has 0 bridgehead atoms. The standard InChI is InChI=1S/C21H13.2C10H7.C5H5.CH2.2ClH.Zr/c1-2-8-15-14(7-1)13-20-18-11-4-3-9-16(18)17-10-5-6-12-19(17)21(15)20;2*1-2-6-10-8-4-3-7-9(10)5-1;1-2-4-5-3-1;;;;/h1-10,12H,13H2;2*1-3,5-8H;1-3H,4H2;1H2;2*1H;. The van der Waals surface area contributed by atoms with Crippen molar-refractivity contribution in [2.45, 2.75) is 12.8 Å². The molecule has 0 aliphatic heterocycles. The SMILES string of the molecule is Cl.Cl.[CH2]=[Zr]([C]1=CC=CC1)([c]1ccc2ccccc2c1)([c]1ccc2ccccc2c1)[c]1cccc2c1c1c(c3ccccc32)-c2ccccc2C1. The molecule has 2 aliphatic carbocycles. The van der Waals surface area contributed by atoms with E-state index >= 15 is 0 Å². The average molecular weight is 763 g/mol. The van der Waals surface area contributed by atoms with E-state index in [2.05, 4.69) is 170 Å². The summed E-state index contributed by atoms with van der Waals surface area (Å²) in [6.45, 7) is 0. The molecule has 0 spiro atoms. The summed E-state index contributed by atoms with van der Waals surface area (Å²) in [6, 6.07) is 57.4. The molecule has 242 valence electrons. The number of halogens is 2. The van der Waals surface area contributed by atoms with Crippen LogP contribution in [0.25, 0.3) is 54.2 Å². The van der Waals surface area contributed by atoms with Crippen LogP contribution in [0.5, 0.6) is 0 Å². The molecule has 0 amide bonds. The Labute approximate surface area is 306 Å². The molecule has 0 heterocycles. The quantitative estimate of drug-likeness (QED) is 0.157. The van der Waals surface area contributed by atoms with Gasteiger partial charge >= 0.3 is 284 Å². The number of hydrogen-bond acceptors (Lipinski definition) is 0. The van der Waals surface area contributed by atoms with Crippen LogP contribution in [-0.2, 0) is 24.7 Å².